The number of rotatable bonds is 8. The minimum absolute atomic E-state index is 0.590. The van der Waals surface area contributed by atoms with E-state index < -0.39 is 0 Å². The van der Waals surface area contributed by atoms with Crippen molar-refractivity contribution in [3.05, 3.63) is 27.8 Å². The Morgan fingerprint density at radius 1 is 1.12 bits per heavy atom. The van der Waals surface area contributed by atoms with Crippen molar-refractivity contribution in [2.45, 2.75) is 6.42 Å². The molecule has 0 saturated heterocycles. The average molecular weight is 336 g/mol. The molecule has 0 bridgehead atoms. The fourth-order valence-corrected chi connectivity index (χ4v) is 1.70. The van der Waals surface area contributed by atoms with Gasteiger partial charge in [0.05, 0.1) is 6.61 Å². The second kappa shape index (κ2) is 8.78. The van der Waals surface area contributed by atoms with Crippen molar-refractivity contribution in [1.82, 2.24) is 0 Å². The predicted octanol–water partition coefficient (Wildman–Crippen LogP) is 2.72. The van der Waals surface area contributed by atoms with Gasteiger partial charge in [-0.05, 0) is 47.2 Å². The van der Waals surface area contributed by atoms with Gasteiger partial charge in [0.2, 0.25) is 0 Å². The molecule has 0 saturated carbocycles. The zero-order valence-electron chi connectivity index (χ0n) is 9.45. The van der Waals surface area contributed by atoms with E-state index in [1.54, 1.807) is 7.11 Å². The van der Waals surface area contributed by atoms with Gasteiger partial charge in [0.25, 0.3) is 0 Å². The monoisotopic (exact) mass is 336 g/mol. The van der Waals surface area contributed by atoms with Crippen LogP contribution in [0.3, 0.4) is 0 Å². The van der Waals surface area contributed by atoms with Gasteiger partial charge in [-0.2, -0.15) is 0 Å². The van der Waals surface area contributed by atoms with Crippen LogP contribution in [0.1, 0.15) is 6.42 Å². The number of methoxy groups -OCH3 is 1. The van der Waals surface area contributed by atoms with E-state index in [0.717, 1.165) is 25.4 Å². The maximum atomic E-state index is 5.53. The first-order chi connectivity index (χ1) is 7.83. The lowest BCUT2D eigenvalue weighted by atomic mass is 10.3. The Kier molecular flexibility index (Phi) is 7.54. The fraction of sp³-hybridized carbons (Fsp3) is 0.500. The van der Waals surface area contributed by atoms with E-state index in [1.165, 1.54) is 3.57 Å². The Labute approximate surface area is 110 Å². The first kappa shape index (κ1) is 13.7. The summed E-state index contributed by atoms with van der Waals surface area (Å²) >= 11 is 2.26. The van der Waals surface area contributed by atoms with Crippen LogP contribution < -0.4 is 4.74 Å². The van der Waals surface area contributed by atoms with E-state index in [4.69, 9.17) is 14.2 Å². The second-order valence-corrected chi connectivity index (χ2v) is 4.51. The Bertz CT molecular complexity index is 291. The van der Waals surface area contributed by atoms with E-state index in [9.17, 15) is 0 Å². The summed E-state index contributed by atoms with van der Waals surface area (Å²) in [5.41, 5.74) is 0. The summed E-state index contributed by atoms with van der Waals surface area (Å²) in [4.78, 5) is 0. The minimum Gasteiger partial charge on any atom is -0.491 e. The van der Waals surface area contributed by atoms with Gasteiger partial charge in [0.1, 0.15) is 12.4 Å². The van der Waals surface area contributed by atoms with E-state index in [2.05, 4.69) is 22.6 Å². The highest BCUT2D eigenvalue weighted by molar-refractivity contribution is 14.1. The SMILES string of the molecule is COCCCOCCOc1cccc(I)c1. The fourth-order valence-electron chi connectivity index (χ4n) is 1.18. The maximum Gasteiger partial charge on any atom is 0.120 e. The highest BCUT2D eigenvalue weighted by atomic mass is 127. The molecule has 1 aromatic carbocycles. The van der Waals surface area contributed by atoms with Gasteiger partial charge < -0.3 is 14.2 Å². The van der Waals surface area contributed by atoms with Gasteiger partial charge in [-0.1, -0.05) is 6.07 Å². The van der Waals surface area contributed by atoms with Gasteiger partial charge in [-0.3, -0.25) is 0 Å². The van der Waals surface area contributed by atoms with E-state index in [1.807, 2.05) is 24.3 Å². The molecular formula is C12H17IO3. The number of halogens is 1. The van der Waals surface area contributed by atoms with Crippen LogP contribution >= 0.6 is 22.6 Å². The third kappa shape index (κ3) is 6.30. The summed E-state index contributed by atoms with van der Waals surface area (Å²) < 4.78 is 17.0. The number of hydrogen-bond donors (Lipinski definition) is 0. The molecule has 0 unspecified atom stereocenters. The number of benzene rings is 1. The molecule has 0 aliphatic rings. The third-order valence-electron chi connectivity index (χ3n) is 1.93. The minimum atomic E-state index is 0.590. The summed E-state index contributed by atoms with van der Waals surface area (Å²) in [6.07, 6.45) is 0.930. The van der Waals surface area contributed by atoms with Crippen LogP contribution in [0.2, 0.25) is 0 Å². The Morgan fingerprint density at radius 2 is 2.00 bits per heavy atom. The summed E-state index contributed by atoms with van der Waals surface area (Å²) in [7, 11) is 1.69. The second-order valence-electron chi connectivity index (χ2n) is 3.26. The van der Waals surface area contributed by atoms with Crippen molar-refractivity contribution in [2.24, 2.45) is 0 Å². The van der Waals surface area contributed by atoms with Gasteiger partial charge in [-0.15, -0.1) is 0 Å². The molecular weight excluding hydrogens is 319 g/mol. The molecule has 16 heavy (non-hydrogen) atoms. The molecule has 1 aromatic rings. The van der Waals surface area contributed by atoms with Crippen LogP contribution in [-0.2, 0) is 9.47 Å². The zero-order valence-corrected chi connectivity index (χ0v) is 11.6. The van der Waals surface area contributed by atoms with Crippen LogP contribution in [0.25, 0.3) is 0 Å². The van der Waals surface area contributed by atoms with Crippen LogP contribution in [0, 0.1) is 3.57 Å². The standard InChI is InChI=1S/C12H17IO3/c1-14-6-3-7-15-8-9-16-12-5-2-4-11(13)10-12/h2,4-5,10H,3,6-9H2,1H3. The van der Waals surface area contributed by atoms with Gasteiger partial charge in [0.15, 0.2) is 0 Å². The van der Waals surface area contributed by atoms with Gasteiger partial charge >= 0.3 is 0 Å². The lowest BCUT2D eigenvalue weighted by molar-refractivity contribution is 0.0806. The number of hydrogen-bond acceptors (Lipinski definition) is 3. The predicted molar refractivity (Wildman–Crippen MR) is 72.0 cm³/mol. The Balaban J connectivity index is 2.03. The normalized spacial score (nSPS) is 10.4. The summed E-state index contributed by atoms with van der Waals surface area (Å²) in [6, 6.07) is 7.98. The molecule has 0 aliphatic heterocycles. The Morgan fingerprint density at radius 3 is 2.75 bits per heavy atom. The molecule has 90 valence electrons. The Hall–Kier alpha value is -0.330. The molecule has 0 amide bonds. The molecule has 0 N–H and O–H groups in total. The summed E-state index contributed by atoms with van der Waals surface area (Å²) in [5.74, 6) is 0.896. The molecule has 0 atom stereocenters. The van der Waals surface area contributed by atoms with Crippen molar-refractivity contribution in [2.75, 3.05) is 33.5 Å². The lowest BCUT2D eigenvalue weighted by Crippen LogP contribution is -2.08. The first-order valence-electron chi connectivity index (χ1n) is 5.28. The first-order valence-corrected chi connectivity index (χ1v) is 6.36. The van der Waals surface area contributed by atoms with Crippen LogP contribution in [0.4, 0.5) is 0 Å². The zero-order chi connectivity index (χ0) is 11.6. The smallest absolute Gasteiger partial charge is 0.120 e. The van der Waals surface area contributed by atoms with E-state index in [0.29, 0.717) is 13.2 Å². The number of ether oxygens (including phenoxy) is 3. The average Bonchev–Trinajstić information content (AvgIpc) is 2.28. The largest absolute Gasteiger partial charge is 0.491 e. The molecule has 1 rings (SSSR count). The third-order valence-corrected chi connectivity index (χ3v) is 2.60. The molecule has 0 aromatic heterocycles. The van der Waals surface area contributed by atoms with Gasteiger partial charge in [-0.25, -0.2) is 0 Å². The molecule has 0 radical (unpaired) electrons. The van der Waals surface area contributed by atoms with Crippen molar-refractivity contribution in [1.29, 1.82) is 0 Å². The van der Waals surface area contributed by atoms with E-state index >= 15 is 0 Å². The van der Waals surface area contributed by atoms with E-state index in [-0.39, 0.29) is 0 Å². The van der Waals surface area contributed by atoms with Crippen LogP contribution in [-0.4, -0.2) is 33.5 Å². The van der Waals surface area contributed by atoms with Crippen molar-refractivity contribution >= 4 is 22.6 Å². The summed E-state index contributed by atoms with van der Waals surface area (Å²) in [5, 5.41) is 0. The van der Waals surface area contributed by atoms with Crippen molar-refractivity contribution in [3.63, 3.8) is 0 Å². The molecule has 0 spiro atoms. The highest BCUT2D eigenvalue weighted by Gasteiger charge is 1.94. The molecule has 0 fully saturated rings. The van der Waals surface area contributed by atoms with Crippen LogP contribution in [0.5, 0.6) is 5.75 Å². The highest BCUT2D eigenvalue weighted by Crippen LogP contribution is 2.14. The maximum absolute atomic E-state index is 5.53. The molecule has 0 aliphatic carbocycles. The molecule has 4 heteroatoms. The van der Waals surface area contributed by atoms with Crippen molar-refractivity contribution in [3.8, 4) is 5.75 Å². The lowest BCUT2D eigenvalue weighted by Gasteiger charge is -2.07. The summed E-state index contributed by atoms with van der Waals surface area (Å²) in [6.45, 7) is 2.68. The quantitative estimate of drug-likeness (QED) is 0.540. The van der Waals surface area contributed by atoms with Crippen molar-refractivity contribution < 1.29 is 14.2 Å². The molecule has 3 nitrogen and oxygen atoms in total. The van der Waals surface area contributed by atoms with Gasteiger partial charge in [0, 0.05) is 23.9 Å². The topological polar surface area (TPSA) is 27.7 Å². The molecule has 0 heterocycles. The van der Waals surface area contributed by atoms with Crippen LogP contribution in [0.15, 0.2) is 24.3 Å².